The third-order valence-corrected chi connectivity index (χ3v) is 3.57. The Morgan fingerprint density at radius 1 is 1.39 bits per heavy atom. The van der Waals surface area contributed by atoms with Gasteiger partial charge < -0.3 is 10.3 Å². The first-order valence-corrected chi connectivity index (χ1v) is 6.46. The van der Waals surface area contributed by atoms with Crippen molar-refractivity contribution in [3.63, 3.8) is 0 Å². The Morgan fingerprint density at radius 2 is 2.11 bits per heavy atom. The summed E-state index contributed by atoms with van der Waals surface area (Å²) in [4.78, 5) is 7.03. The highest BCUT2D eigenvalue weighted by molar-refractivity contribution is 5.75. The molecule has 0 aliphatic rings. The van der Waals surface area contributed by atoms with Gasteiger partial charge in [-0.1, -0.05) is 12.1 Å². The van der Waals surface area contributed by atoms with Crippen molar-refractivity contribution in [1.82, 2.24) is 14.5 Å². The SMILES string of the molecule is CC(c1nc2ccccc2n1C)N(C)CCCN. The van der Waals surface area contributed by atoms with Crippen LogP contribution in [0.2, 0.25) is 0 Å². The van der Waals surface area contributed by atoms with Gasteiger partial charge in [0.15, 0.2) is 0 Å². The van der Waals surface area contributed by atoms with Crippen LogP contribution < -0.4 is 5.73 Å². The van der Waals surface area contributed by atoms with Crippen molar-refractivity contribution in [1.29, 1.82) is 0 Å². The van der Waals surface area contributed by atoms with Crippen LogP contribution in [0.1, 0.15) is 25.2 Å². The summed E-state index contributed by atoms with van der Waals surface area (Å²) in [5.41, 5.74) is 7.81. The molecule has 0 aliphatic heterocycles. The lowest BCUT2D eigenvalue weighted by atomic mass is 10.2. The van der Waals surface area contributed by atoms with Crippen molar-refractivity contribution in [2.24, 2.45) is 12.8 Å². The van der Waals surface area contributed by atoms with Gasteiger partial charge in [0.1, 0.15) is 5.82 Å². The minimum Gasteiger partial charge on any atom is -0.330 e. The molecular weight excluding hydrogens is 224 g/mol. The van der Waals surface area contributed by atoms with E-state index in [0.717, 1.165) is 30.9 Å². The number of nitrogens with zero attached hydrogens (tertiary/aromatic N) is 3. The summed E-state index contributed by atoms with van der Waals surface area (Å²) in [7, 11) is 4.21. The highest BCUT2D eigenvalue weighted by atomic mass is 15.2. The smallest absolute Gasteiger partial charge is 0.126 e. The molecule has 0 radical (unpaired) electrons. The second-order valence-electron chi connectivity index (χ2n) is 4.82. The topological polar surface area (TPSA) is 47.1 Å². The predicted molar refractivity (Wildman–Crippen MR) is 75.4 cm³/mol. The molecule has 0 fully saturated rings. The highest BCUT2D eigenvalue weighted by Crippen LogP contribution is 2.22. The molecule has 2 N–H and O–H groups in total. The van der Waals surface area contributed by atoms with Crippen LogP contribution in [-0.4, -0.2) is 34.6 Å². The van der Waals surface area contributed by atoms with Crippen LogP contribution in [0.5, 0.6) is 0 Å². The largest absolute Gasteiger partial charge is 0.330 e. The van der Waals surface area contributed by atoms with Crippen LogP contribution in [0.4, 0.5) is 0 Å². The Balaban J connectivity index is 2.27. The average Bonchev–Trinajstić information content (AvgIpc) is 2.73. The molecule has 0 saturated heterocycles. The number of hydrogen-bond donors (Lipinski definition) is 1. The molecule has 2 aromatic rings. The fraction of sp³-hybridized carbons (Fsp3) is 0.500. The van der Waals surface area contributed by atoms with Gasteiger partial charge >= 0.3 is 0 Å². The first-order chi connectivity index (χ1) is 8.65. The van der Waals surface area contributed by atoms with Crippen molar-refractivity contribution in [2.45, 2.75) is 19.4 Å². The van der Waals surface area contributed by atoms with E-state index in [0.29, 0.717) is 6.04 Å². The molecule has 0 amide bonds. The van der Waals surface area contributed by atoms with E-state index in [9.17, 15) is 0 Å². The zero-order valence-corrected chi connectivity index (χ0v) is 11.4. The van der Waals surface area contributed by atoms with Crippen LogP contribution in [0.25, 0.3) is 11.0 Å². The van der Waals surface area contributed by atoms with Crippen molar-refractivity contribution < 1.29 is 0 Å². The van der Waals surface area contributed by atoms with Crippen molar-refractivity contribution >= 4 is 11.0 Å². The van der Waals surface area contributed by atoms with E-state index in [4.69, 9.17) is 10.7 Å². The lowest BCUT2D eigenvalue weighted by Gasteiger charge is -2.24. The number of imidazole rings is 1. The third kappa shape index (κ3) is 2.40. The number of aromatic nitrogens is 2. The second-order valence-corrected chi connectivity index (χ2v) is 4.82. The van der Waals surface area contributed by atoms with Crippen LogP contribution in [0, 0.1) is 0 Å². The van der Waals surface area contributed by atoms with E-state index in [1.54, 1.807) is 0 Å². The molecule has 1 aromatic heterocycles. The molecule has 0 saturated carbocycles. The van der Waals surface area contributed by atoms with Gasteiger partial charge in [-0.15, -0.1) is 0 Å². The fourth-order valence-electron chi connectivity index (χ4n) is 2.27. The Morgan fingerprint density at radius 3 is 2.78 bits per heavy atom. The Kier molecular flexibility index (Phi) is 3.99. The molecule has 1 heterocycles. The maximum absolute atomic E-state index is 5.56. The molecular formula is C14H22N4. The summed E-state index contributed by atoms with van der Waals surface area (Å²) in [6, 6.07) is 8.55. The van der Waals surface area contributed by atoms with Gasteiger partial charge in [0.05, 0.1) is 17.1 Å². The second kappa shape index (κ2) is 5.50. The summed E-state index contributed by atoms with van der Waals surface area (Å²) in [5, 5.41) is 0. The Bertz CT molecular complexity index is 517. The summed E-state index contributed by atoms with van der Waals surface area (Å²) in [5.74, 6) is 1.11. The minimum atomic E-state index is 0.300. The van der Waals surface area contributed by atoms with Gasteiger partial charge in [-0.05, 0) is 45.6 Å². The number of para-hydroxylation sites is 2. The van der Waals surface area contributed by atoms with E-state index in [-0.39, 0.29) is 0 Å². The van der Waals surface area contributed by atoms with Gasteiger partial charge in [-0.25, -0.2) is 4.98 Å². The molecule has 0 bridgehead atoms. The van der Waals surface area contributed by atoms with Crippen molar-refractivity contribution in [3.05, 3.63) is 30.1 Å². The summed E-state index contributed by atoms with van der Waals surface area (Å²) >= 11 is 0. The van der Waals surface area contributed by atoms with Crippen LogP contribution in [0.15, 0.2) is 24.3 Å². The van der Waals surface area contributed by atoms with Gasteiger partial charge in [-0.2, -0.15) is 0 Å². The molecule has 1 aromatic carbocycles. The molecule has 4 nitrogen and oxygen atoms in total. The van der Waals surface area contributed by atoms with Crippen LogP contribution in [0.3, 0.4) is 0 Å². The molecule has 2 rings (SSSR count). The van der Waals surface area contributed by atoms with Gasteiger partial charge in [0.25, 0.3) is 0 Å². The van der Waals surface area contributed by atoms with Crippen molar-refractivity contribution in [3.8, 4) is 0 Å². The van der Waals surface area contributed by atoms with Gasteiger partial charge in [-0.3, -0.25) is 4.90 Å². The lowest BCUT2D eigenvalue weighted by Crippen LogP contribution is -2.27. The quantitative estimate of drug-likeness (QED) is 0.876. The number of aryl methyl sites for hydroxylation is 1. The van der Waals surface area contributed by atoms with E-state index in [1.165, 1.54) is 5.52 Å². The molecule has 1 unspecified atom stereocenters. The fourth-order valence-corrected chi connectivity index (χ4v) is 2.27. The molecule has 4 heteroatoms. The molecule has 0 spiro atoms. The van der Waals surface area contributed by atoms with E-state index >= 15 is 0 Å². The minimum absolute atomic E-state index is 0.300. The standard InChI is InChI=1S/C14H22N4/c1-11(17(2)10-6-9-15)14-16-12-7-4-5-8-13(12)18(14)3/h4-5,7-8,11H,6,9-10,15H2,1-3H3. The summed E-state index contributed by atoms with van der Waals surface area (Å²) in [6.07, 6.45) is 1.02. The molecule has 98 valence electrons. The number of fused-ring (bicyclic) bond motifs is 1. The molecule has 0 aliphatic carbocycles. The first kappa shape index (κ1) is 13.1. The van der Waals surface area contributed by atoms with Crippen LogP contribution >= 0.6 is 0 Å². The van der Waals surface area contributed by atoms with E-state index in [2.05, 4.69) is 48.7 Å². The third-order valence-electron chi connectivity index (χ3n) is 3.57. The number of nitrogens with two attached hydrogens (primary N) is 1. The van der Waals surface area contributed by atoms with E-state index in [1.807, 2.05) is 6.07 Å². The lowest BCUT2D eigenvalue weighted by molar-refractivity contribution is 0.248. The predicted octanol–water partition coefficient (Wildman–Crippen LogP) is 1.91. The first-order valence-electron chi connectivity index (χ1n) is 6.46. The van der Waals surface area contributed by atoms with Crippen molar-refractivity contribution in [2.75, 3.05) is 20.1 Å². The van der Waals surface area contributed by atoms with Gasteiger partial charge in [0.2, 0.25) is 0 Å². The average molecular weight is 246 g/mol. The summed E-state index contributed by atoms with van der Waals surface area (Å²) < 4.78 is 2.18. The normalized spacial score (nSPS) is 13.4. The Labute approximate surface area is 108 Å². The highest BCUT2D eigenvalue weighted by Gasteiger charge is 2.17. The Hall–Kier alpha value is -1.39. The number of hydrogen-bond acceptors (Lipinski definition) is 3. The van der Waals surface area contributed by atoms with Crippen LogP contribution in [-0.2, 0) is 7.05 Å². The molecule has 18 heavy (non-hydrogen) atoms. The molecule has 1 atom stereocenters. The number of rotatable bonds is 5. The van der Waals surface area contributed by atoms with E-state index < -0.39 is 0 Å². The zero-order chi connectivity index (χ0) is 13.1. The monoisotopic (exact) mass is 246 g/mol. The van der Waals surface area contributed by atoms with Gasteiger partial charge in [0, 0.05) is 7.05 Å². The zero-order valence-electron chi connectivity index (χ0n) is 11.4. The maximum Gasteiger partial charge on any atom is 0.126 e. The maximum atomic E-state index is 5.56. The number of benzene rings is 1. The summed E-state index contributed by atoms with van der Waals surface area (Å²) in [6.45, 7) is 3.93.